The molecule has 1 aliphatic heterocycles. The van der Waals surface area contributed by atoms with E-state index in [1.165, 1.54) is 19.3 Å². The molecule has 1 atom stereocenters. The van der Waals surface area contributed by atoms with Crippen molar-refractivity contribution in [2.24, 2.45) is 0 Å². The van der Waals surface area contributed by atoms with Gasteiger partial charge in [-0.15, -0.1) is 0 Å². The second-order valence-electron chi connectivity index (χ2n) is 6.54. The summed E-state index contributed by atoms with van der Waals surface area (Å²) in [6, 6.07) is 12.2. The molecule has 2 heterocycles. The van der Waals surface area contributed by atoms with E-state index in [2.05, 4.69) is 21.6 Å². The van der Waals surface area contributed by atoms with Gasteiger partial charge in [0.1, 0.15) is 11.5 Å². The van der Waals surface area contributed by atoms with E-state index < -0.39 is 0 Å². The topological polar surface area (TPSA) is 49.7 Å². The Bertz CT molecular complexity index is 667. The Labute approximate surface area is 160 Å². The number of benzene rings is 1. The smallest absolute Gasteiger partial charge is 0.166 e. The summed E-state index contributed by atoms with van der Waals surface area (Å²) in [5.41, 5.74) is 1.16. The lowest BCUT2D eigenvalue weighted by Gasteiger charge is -2.33. The summed E-state index contributed by atoms with van der Waals surface area (Å²) in [6.07, 6.45) is 5.55. The third-order valence-electron chi connectivity index (χ3n) is 4.77. The number of hydrogen-bond acceptors (Lipinski definition) is 4. The molecule has 0 unspecified atom stereocenters. The van der Waals surface area contributed by atoms with E-state index in [0.717, 1.165) is 36.7 Å². The van der Waals surface area contributed by atoms with Crippen molar-refractivity contribution in [3.8, 4) is 5.75 Å². The molecule has 0 bridgehead atoms. The molecule has 1 saturated heterocycles. The number of hydrogen-bond donors (Lipinski definition) is 2. The highest BCUT2D eigenvalue weighted by atomic mass is 32.1. The van der Waals surface area contributed by atoms with Gasteiger partial charge in [0, 0.05) is 13.1 Å². The molecule has 3 rings (SSSR count). The highest BCUT2D eigenvalue weighted by Gasteiger charge is 2.24. The van der Waals surface area contributed by atoms with Crippen LogP contribution in [0, 0.1) is 0 Å². The van der Waals surface area contributed by atoms with Crippen molar-refractivity contribution in [1.82, 2.24) is 15.5 Å². The summed E-state index contributed by atoms with van der Waals surface area (Å²) < 4.78 is 10.9. The first-order valence-corrected chi connectivity index (χ1v) is 9.59. The first-order valence-electron chi connectivity index (χ1n) is 9.18. The number of furan rings is 1. The molecule has 1 aromatic carbocycles. The molecule has 0 aliphatic carbocycles. The van der Waals surface area contributed by atoms with Crippen LogP contribution in [0.1, 0.15) is 36.6 Å². The zero-order chi connectivity index (χ0) is 18.2. The van der Waals surface area contributed by atoms with Crippen molar-refractivity contribution in [3.63, 3.8) is 0 Å². The molecule has 1 fully saturated rings. The highest BCUT2D eigenvalue weighted by molar-refractivity contribution is 7.80. The average molecular weight is 374 g/mol. The molecule has 0 saturated carbocycles. The van der Waals surface area contributed by atoms with Gasteiger partial charge in [-0.3, -0.25) is 4.90 Å². The number of nitrogens with zero attached hydrogens (tertiary/aromatic N) is 1. The molecule has 2 aromatic rings. The number of likely N-dealkylation sites (tertiary alicyclic amines) is 1. The Morgan fingerprint density at radius 3 is 2.58 bits per heavy atom. The number of ether oxygens (including phenoxy) is 1. The van der Waals surface area contributed by atoms with E-state index in [4.69, 9.17) is 21.4 Å². The fourth-order valence-corrected chi connectivity index (χ4v) is 3.45. The van der Waals surface area contributed by atoms with Crippen molar-refractivity contribution in [1.29, 1.82) is 0 Å². The van der Waals surface area contributed by atoms with Crippen LogP contribution >= 0.6 is 12.2 Å². The summed E-state index contributed by atoms with van der Waals surface area (Å²) in [5, 5.41) is 7.29. The summed E-state index contributed by atoms with van der Waals surface area (Å²) in [6.45, 7) is 3.64. The Morgan fingerprint density at radius 2 is 1.92 bits per heavy atom. The quantitative estimate of drug-likeness (QED) is 0.725. The number of piperidine rings is 1. The van der Waals surface area contributed by atoms with E-state index in [1.807, 2.05) is 30.3 Å². The molecule has 140 valence electrons. The lowest BCUT2D eigenvalue weighted by molar-refractivity contribution is 0.146. The summed E-state index contributed by atoms with van der Waals surface area (Å²) in [7, 11) is 1.67. The normalized spacial score (nSPS) is 16.0. The SMILES string of the molecule is COc1ccc(CNC(=S)NC[C@@H](c2ccco2)N2CCCCC2)cc1. The molecular weight excluding hydrogens is 346 g/mol. The van der Waals surface area contributed by atoms with E-state index in [0.29, 0.717) is 11.7 Å². The van der Waals surface area contributed by atoms with Gasteiger partial charge in [-0.1, -0.05) is 18.6 Å². The zero-order valence-corrected chi connectivity index (χ0v) is 16.1. The van der Waals surface area contributed by atoms with E-state index in [9.17, 15) is 0 Å². The van der Waals surface area contributed by atoms with Crippen LogP contribution in [0.25, 0.3) is 0 Å². The maximum atomic E-state index is 5.68. The number of rotatable bonds is 7. The molecule has 5 nitrogen and oxygen atoms in total. The largest absolute Gasteiger partial charge is 0.497 e. The molecule has 2 N–H and O–H groups in total. The molecule has 1 aromatic heterocycles. The van der Waals surface area contributed by atoms with Crippen molar-refractivity contribution in [2.45, 2.75) is 31.8 Å². The summed E-state index contributed by atoms with van der Waals surface area (Å²) >= 11 is 5.45. The fourth-order valence-electron chi connectivity index (χ4n) is 3.30. The van der Waals surface area contributed by atoms with Gasteiger partial charge < -0.3 is 19.8 Å². The third-order valence-corrected chi connectivity index (χ3v) is 5.06. The maximum Gasteiger partial charge on any atom is 0.166 e. The van der Waals surface area contributed by atoms with Crippen molar-refractivity contribution >= 4 is 17.3 Å². The second-order valence-corrected chi connectivity index (χ2v) is 6.95. The second kappa shape index (κ2) is 9.59. The molecule has 0 radical (unpaired) electrons. The lowest BCUT2D eigenvalue weighted by atomic mass is 10.1. The van der Waals surface area contributed by atoms with Gasteiger partial charge in [-0.25, -0.2) is 0 Å². The van der Waals surface area contributed by atoms with Crippen LogP contribution in [0.5, 0.6) is 5.75 Å². The van der Waals surface area contributed by atoms with Crippen LogP contribution in [0.2, 0.25) is 0 Å². The van der Waals surface area contributed by atoms with E-state index in [1.54, 1.807) is 13.4 Å². The van der Waals surface area contributed by atoms with E-state index in [-0.39, 0.29) is 6.04 Å². The van der Waals surface area contributed by atoms with Crippen molar-refractivity contribution < 1.29 is 9.15 Å². The van der Waals surface area contributed by atoms with Crippen LogP contribution in [0.3, 0.4) is 0 Å². The predicted molar refractivity (Wildman–Crippen MR) is 107 cm³/mol. The third kappa shape index (κ3) is 5.22. The van der Waals surface area contributed by atoms with Crippen LogP contribution in [-0.4, -0.2) is 36.8 Å². The number of nitrogens with one attached hydrogen (secondary N) is 2. The standard InChI is InChI=1S/C20H27N3O2S/c1-24-17-9-7-16(8-10-17)14-21-20(26)22-15-18(19-6-5-13-25-19)23-11-3-2-4-12-23/h5-10,13,18H,2-4,11-12,14-15H2,1H3,(H2,21,22,26)/t18-/m0/s1. The summed E-state index contributed by atoms with van der Waals surface area (Å²) in [5.74, 6) is 1.86. The Balaban J connectivity index is 1.50. The summed E-state index contributed by atoms with van der Waals surface area (Å²) in [4.78, 5) is 2.49. The van der Waals surface area contributed by atoms with Gasteiger partial charge >= 0.3 is 0 Å². The van der Waals surface area contributed by atoms with Crippen LogP contribution in [0.15, 0.2) is 47.1 Å². The van der Waals surface area contributed by atoms with Gasteiger partial charge in [0.2, 0.25) is 0 Å². The molecule has 0 amide bonds. The Morgan fingerprint density at radius 1 is 1.15 bits per heavy atom. The Kier molecular flexibility index (Phi) is 6.91. The number of thiocarbonyl (C=S) groups is 1. The molecular formula is C20H27N3O2S. The van der Waals surface area contributed by atoms with Gasteiger partial charge in [0.05, 0.1) is 19.4 Å². The number of methoxy groups -OCH3 is 1. The van der Waals surface area contributed by atoms with Crippen LogP contribution in [0.4, 0.5) is 0 Å². The molecule has 6 heteroatoms. The van der Waals surface area contributed by atoms with Gasteiger partial charge in [0.25, 0.3) is 0 Å². The predicted octanol–water partition coefficient (Wildman–Crippen LogP) is 3.48. The van der Waals surface area contributed by atoms with Gasteiger partial charge in [0.15, 0.2) is 5.11 Å². The van der Waals surface area contributed by atoms with Crippen LogP contribution in [-0.2, 0) is 6.54 Å². The zero-order valence-electron chi connectivity index (χ0n) is 15.2. The first kappa shape index (κ1) is 18.7. The van der Waals surface area contributed by atoms with E-state index >= 15 is 0 Å². The Hall–Kier alpha value is -2.05. The van der Waals surface area contributed by atoms with Crippen molar-refractivity contribution in [3.05, 3.63) is 54.0 Å². The monoisotopic (exact) mass is 373 g/mol. The van der Waals surface area contributed by atoms with Gasteiger partial charge in [-0.05, 0) is 68.0 Å². The minimum absolute atomic E-state index is 0.214. The van der Waals surface area contributed by atoms with Crippen molar-refractivity contribution in [2.75, 3.05) is 26.7 Å². The molecule has 1 aliphatic rings. The highest BCUT2D eigenvalue weighted by Crippen LogP contribution is 2.24. The first-order chi connectivity index (χ1) is 12.8. The van der Waals surface area contributed by atoms with Crippen LogP contribution < -0.4 is 15.4 Å². The minimum atomic E-state index is 0.214. The molecule has 26 heavy (non-hydrogen) atoms. The average Bonchev–Trinajstić information content (AvgIpc) is 3.22. The van der Waals surface area contributed by atoms with Gasteiger partial charge in [-0.2, -0.15) is 0 Å². The minimum Gasteiger partial charge on any atom is -0.497 e. The fraction of sp³-hybridized carbons (Fsp3) is 0.450. The molecule has 0 spiro atoms. The lowest BCUT2D eigenvalue weighted by Crippen LogP contribution is -2.43. The maximum absolute atomic E-state index is 5.68.